The fourth-order valence-corrected chi connectivity index (χ4v) is 2.18. The maximum Gasteiger partial charge on any atom is 0.191 e. The van der Waals surface area contributed by atoms with Crippen LogP contribution in [0.4, 0.5) is 0 Å². The fraction of sp³-hybridized carbons (Fsp3) is 0.632. The highest BCUT2D eigenvalue weighted by molar-refractivity contribution is 5.79. The first kappa shape index (κ1) is 20.3. The molecule has 0 spiro atoms. The second-order valence-electron chi connectivity index (χ2n) is 6.19. The smallest absolute Gasteiger partial charge is 0.191 e. The molecule has 0 unspecified atom stereocenters. The summed E-state index contributed by atoms with van der Waals surface area (Å²) in [6, 6.07) is 6.26. The van der Waals surface area contributed by atoms with E-state index in [1.807, 2.05) is 6.92 Å². The van der Waals surface area contributed by atoms with Crippen molar-refractivity contribution in [2.45, 2.75) is 40.7 Å². The van der Waals surface area contributed by atoms with Crippen LogP contribution in [0.15, 0.2) is 23.2 Å². The lowest BCUT2D eigenvalue weighted by molar-refractivity contribution is 0.110. The molecule has 5 nitrogen and oxygen atoms in total. The van der Waals surface area contributed by atoms with Crippen molar-refractivity contribution in [2.75, 3.05) is 33.4 Å². The molecular weight excluding hydrogens is 302 g/mol. The summed E-state index contributed by atoms with van der Waals surface area (Å²) in [5, 5.41) is 6.69. The monoisotopic (exact) mass is 335 g/mol. The largest absolute Gasteiger partial charge is 0.491 e. The molecule has 0 radical (unpaired) electrons. The molecule has 0 saturated carbocycles. The Balaban J connectivity index is 2.55. The van der Waals surface area contributed by atoms with Crippen LogP contribution in [-0.2, 0) is 11.3 Å². The Morgan fingerprint density at radius 1 is 1.21 bits per heavy atom. The van der Waals surface area contributed by atoms with E-state index in [-0.39, 0.29) is 0 Å². The predicted molar refractivity (Wildman–Crippen MR) is 101 cm³/mol. The highest BCUT2D eigenvalue weighted by Crippen LogP contribution is 2.20. The SMILES string of the molecule is CCOCCOc1cc(C)ccc1CNC(=NC)NCCC(C)C. The van der Waals surface area contributed by atoms with Crippen LogP contribution in [-0.4, -0.2) is 39.4 Å². The Morgan fingerprint density at radius 3 is 2.67 bits per heavy atom. The summed E-state index contributed by atoms with van der Waals surface area (Å²) in [7, 11) is 1.79. The highest BCUT2D eigenvalue weighted by atomic mass is 16.5. The lowest BCUT2D eigenvalue weighted by atomic mass is 10.1. The number of nitrogens with zero attached hydrogens (tertiary/aromatic N) is 1. The van der Waals surface area contributed by atoms with Crippen molar-refractivity contribution in [1.29, 1.82) is 0 Å². The molecule has 5 heteroatoms. The van der Waals surface area contributed by atoms with Crippen LogP contribution in [0.5, 0.6) is 5.75 Å². The van der Waals surface area contributed by atoms with Gasteiger partial charge in [-0.15, -0.1) is 0 Å². The van der Waals surface area contributed by atoms with E-state index < -0.39 is 0 Å². The molecule has 0 aromatic heterocycles. The van der Waals surface area contributed by atoms with E-state index >= 15 is 0 Å². The van der Waals surface area contributed by atoms with Gasteiger partial charge >= 0.3 is 0 Å². The zero-order valence-corrected chi connectivity index (χ0v) is 15.8. The predicted octanol–water partition coefficient (Wildman–Crippen LogP) is 3.12. The number of aryl methyl sites for hydroxylation is 1. The van der Waals surface area contributed by atoms with Crippen LogP contribution in [0.25, 0.3) is 0 Å². The van der Waals surface area contributed by atoms with Crippen molar-refractivity contribution in [3.63, 3.8) is 0 Å². The van der Waals surface area contributed by atoms with Gasteiger partial charge < -0.3 is 20.1 Å². The Bertz CT molecular complexity index is 501. The first-order valence-corrected chi connectivity index (χ1v) is 8.81. The van der Waals surface area contributed by atoms with Crippen LogP contribution in [0.2, 0.25) is 0 Å². The van der Waals surface area contributed by atoms with Gasteiger partial charge in [-0.25, -0.2) is 0 Å². The van der Waals surface area contributed by atoms with Crippen LogP contribution in [0.3, 0.4) is 0 Å². The fourth-order valence-electron chi connectivity index (χ4n) is 2.18. The first-order valence-electron chi connectivity index (χ1n) is 8.81. The van der Waals surface area contributed by atoms with Crippen LogP contribution in [0, 0.1) is 12.8 Å². The van der Waals surface area contributed by atoms with Crippen LogP contribution in [0.1, 0.15) is 38.3 Å². The van der Waals surface area contributed by atoms with Gasteiger partial charge in [-0.3, -0.25) is 4.99 Å². The molecule has 1 aromatic rings. The van der Waals surface area contributed by atoms with Crippen molar-refractivity contribution in [1.82, 2.24) is 10.6 Å². The zero-order chi connectivity index (χ0) is 17.8. The van der Waals surface area contributed by atoms with Gasteiger partial charge in [0.1, 0.15) is 12.4 Å². The quantitative estimate of drug-likeness (QED) is 0.392. The summed E-state index contributed by atoms with van der Waals surface area (Å²) < 4.78 is 11.2. The normalized spacial score (nSPS) is 11.7. The number of ether oxygens (including phenoxy) is 2. The summed E-state index contributed by atoms with van der Waals surface area (Å²) >= 11 is 0. The van der Waals surface area contributed by atoms with E-state index in [2.05, 4.69) is 54.6 Å². The number of nitrogens with one attached hydrogen (secondary N) is 2. The van der Waals surface area contributed by atoms with E-state index in [0.717, 1.165) is 30.2 Å². The van der Waals surface area contributed by atoms with Crippen molar-refractivity contribution in [2.24, 2.45) is 10.9 Å². The van der Waals surface area contributed by atoms with Gasteiger partial charge in [-0.2, -0.15) is 0 Å². The summed E-state index contributed by atoms with van der Waals surface area (Å²) in [6.07, 6.45) is 1.12. The van der Waals surface area contributed by atoms with Crippen LogP contribution < -0.4 is 15.4 Å². The molecule has 0 atom stereocenters. The Labute approximate surface area is 146 Å². The number of rotatable bonds is 10. The molecule has 136 valence electrons. The molecule has 0 bridgehead atoms. The van der Waals surface area contributed by atoms with Gasteiger partial charge in [0.05, 0.1) is 6.61 Å². The second-order valence-corrected chi connectivity index (χ2v) is 6.19. The molecule has 0 amide bonds. The van der Waals surface area contributed by atoms with Gasteiger partial charge in [-0.05, 0) is 37.8 Å². The zero-order valence-electron chi connectivity index (χ0n) is 15.8. The standard InChI is InChI=1S/C19H33N3O2/c1-6-23-11-12-24-18-13-16(4)7-8-17(18)14-22-19(20-5)21-10-9-15(2)3/h7-8,13,15H,6,9-12,14H2,1-5H3,(H2,20,21,22). The minimum Gasteiger partial charge on any atom is -0.491 e. The summed E-state index contributed by atoms with van der Waals surface area (Å²) in [5.74, 6) is 2.40. The number of guanidine groups is 1. The van der Waals surface area contributed by atoms with Crippen molar-refractivity contribution < 1.29 is 9.47 Å². The molecular formula is C19H33N3O2. The number of aliphatic imine (C=N–C) groups is 1. The molecule has 1 rings (SSSR count). The highest BCUT2D eigenvalue weighted by Gasteiger charge is 2.06. The van der Waals surface area contributed by atoms with Gasteiger partial charge in [0.2, 0.25) is 0 Å². The molecule has 0 fully saturated rings. The first-order chi connectivity index (χ1) is 11.6. The molecule has 2 N–H and O–H groups in total. The molecule has 0 saturated heterocycles. The number of hydrogen-bond acceptors (Lipinski definition) is 3. The lowest BCUT2D eigenvalue weighted by Gasteiger charge is -2.16. The minimum atomic E-state index is 0.561. The topological polar surface area (TPSA) is 54.9 Å². The molecule has 0 aliphatic rings. The Kier molecular flexibility index (Phi) is 9.92. The molecule has 24 heavy (non-hydrogen) atoms. The average molecular weight is 335 g/mol. The van der Waals surface area contributed by atoms with Crippen molar-refractivity contribution in [3.8, 4) is 5.75 Å². The van der Waals surface area contributed by atoms with Crippen molar-refractivity contribution in [3.05, 3.63) is 29.3 Å². The van der Waals surface area contributed by atoms with Gasteiger partial charge in [0.15, 0.2) is 5.96 Å². The molecule has 0 heterocycles. The van der Waals surface area contributed by atoms with E-state index in [9.17, 15) is 0 Å². The van der Waals surface area contributed by atoms with E-state index in [0.29, 0.717) is 32.3 Å². The minimum absolute atomic E-state index is 0.561. The Morgan fingerprint density at radius 2 is 2.00 bits per heavy atom. The third-order valence-corrected chi connectivity index (χ3v) is 3.60. The summed E-state index contributed by atoms with van der Waals surface area (Å²) in [5.41, 5.74) is 2.30. The Hall–Kier alpha value is -1.75. The van der Waals surface area contributed by atoms with Gasteiger partial charge in [0.25, 0.3) is 0 Å². The maximum atomic E-state index is 5.87. The van der Waals surface area contributed by atoms with E-state index in [1.165, 1.54) is 5.56 Å². The average Bonchev–Trinajstić information content (AvgIpc) is 2.55. The van der Waals surface area contributed by atoms with Crippen LogP contribution >= 0.6 is 0 Å². The third kappa shape index (κ3) is 8.20. The van der Waals surface area contributed by atoms with Crippen molar-refractivity contribution >= 4 is 5.96 Å². The third-order valence-electron chi connectivity index (χ3n) is 3.60. The maximum absolute atomic E-state index is 5.87. The summed E-state index contributed by atoms with van der Waals surface area (Å²) in [4.78, 5) is 4.27. The van der Waals surface area contributed by atoms with Gasteiger partial charge in [-0.1, -0.05) is 26.0 Å². The van der Waals surface area contributed by atoms with E-state index in [4.69, 9.17) is 9.47 Å². The summed E-state index contributed by atoms with van der Waals surface area (Å²) in [6.45, 7) is 12.0. The second kappa shape index (κ2) is 11.7. The number of hydrogen-bond donors (Lipinski definition) is 2. The van der Waals surface area contributed by atoms with E-state index in [1.54, 1.807) is 7.05 Å². The lowest BCUT2D eigenvalue weighted by Crippen LogP contribution is -2.37. The van der Waals surface area contributed by atoms with Gasteiger partial charge in [0, 0.05) is 32.3 Å². The molecule has 0 aliphatic carbocycles. The number of benzene rings is 1. The molecule has 1 aromatic carbocycles. The molecule has 0 aliphatic heterocycles.